The summed E-state index contributed by atoms with van der Waals surface area (Å²) in [5.41, 5.74) is -2.89. The lowest BCUT2D eigenvalue weighted by Crippen LogP contribution is -2.53. The molecule has 2 amide bonds. The number of carbonyl (C=O) groups is 2. The molecule has 14 heteroatoms. The first-order chi connectivity index (χ1) is 13.9. The molecule has 0 aromatic heterocycles. The highest BCUT2D eigenvalue weighted by Crippen LogP contribution is 2.44. The normalized spacial score (nSPS) is 15.0. The highest BCUT2D eigenvalue weighted by Gasteiger charge is 2.51. The number of hydrogen-bond donors (Lipinski definition) is 2. The van der Waals surface area contributed by atoms with Crippen LogP contribution in [0.1, 0.15) is 0 Å². The predicted octanol–water partition coefficient (Wildman–Crippen LogP) is 3.01. The zero-order valence-corrected chi connectivity index (χ0v) is 14.0. The molecule has 0 saturated carbocycles. The summed E-state index contributed by atoms with van der Waals surface area (Å²) in [7, 11) is 0. The largest absolute Gasteiger partial charge is 0.482 e. The Hall–Kier alpha value is -3.42. The minimum atomic E-state index is -4.60. The van der Waals surface area contributed by atoms with Crippen LogP contribution in [0.5, 0.6) is 5.75 Å². The maximum absolute atomic E-state index is 14.4. The number of alkyl halides is 2. The molecule has 3 rings (SSSR count). The number of anilines is 1. The van der Waals surface area contributed by atoms with E-state index in [0.29, 0.717) is 0 Å². The van der Waals surface area contributed by atoms with Gasteiger partial charge >= 0.3 is 12.0 Å². The minimum absolute atomic E-state index is 0.0423. The quantitative estimate of drug-likeness (QED) is 0.252. The number of hydroxylamine groups is 1. The van der Waals surface area contributed by atoms with E-state index in [-0.39, 0.29) is 17.0 Å². The standard InChI is InChI=1S/C16H6F8N2O4/c17-5-2-7-6(26(3-8(27)25-29)15(28)16(23,24)30-7)1-4(5)9-10(18)12(20)14(22)13(21)11(9)19/h1-2,29H,3H2,(H,25,27). The van der Waals surface area contributed by atoms with Gasteiger partial charge in [0.25, 0.3) is 5.91 Å². The van der Waals surface area contributed by atoms with Crippen molar-refractivity contribution in [3.05, 3.63) is 47.0 Å². The fraction of sp³-hybridized carbons (Fsp3) is 0.125. The number of rotatable bonds is 3. The molecule has 2 aromatic rings. The van der Waals surface area contributed by atoms with E-state index < -0.39 is 81.9 Å². The van der Waals surface area contributed by atoms with E-state index in [1.807, 2.05) is 0 Å². The molecule has 0 bridgehead atoms. The fourth-order valence-corrected chi connectivity index (χ4v) is 2.65. The van der Waals surface area contributed by atoms with Gasteiger partial charge in [0, 0.05) is 11.6 Å². The lowest BCUT2D eigenvalue weighted by Gasteiger charge is -2.33. The molecule has 0 fully saturated rings. The van der Waals surface area contributed by atoms with Crippen molar-refractivity contribution in [1.29, 1.82) is 0 Å². The van der Waals surface area contributed by atoms with Crippen LogP contribution in [0.4, 0.5) is 40.8 Å². The second-order valence-corrected chi connectivity index (χ2v) is 5.79. The third-order valence-electron chi connectivity index (χ3n) is 3.98. The van der Waals surface area contributed by atoms with E-state index in [2.05, 4.69) is 4.74 Å². The van der Waals surface area contributed by atoms with E-state index >= 15 is 0 Å². The van der Waals surface area contributed by atoms with Crippen molar-refractivity contribution in [3.63, 3.8) is 0 Å². The van der Waals surface area contributed by atoms with Crippen molar-refractivity contribution in [1.82, 2.24) is 5.48 Å². The van der Waals surface area contributed by atoms with Crippen molar-refractivity contribution in [2.75, 3.05) is 11.4 Å². The van der Waals surface area contributed by atoms with Crippen molar-refractivity contribution in [2.45, 2.75) is 6.11 Å². The molecule has 0 atom stereocenters. The predicted molar refractivity (Wildman–Crippen MR) is 79.5 cm³/mol. The molecule has 2 aromatic carbocycles. The first-order valence-corrected chi connectivity index (χ1v) is 7.57. The molecule has 1 heterocycles. The van der Waals surface area contributed by atoms with Gasteiger partial charge in [-0.05, 0) is 6.07 Å². The molecule has 0 saturated heterocycles. The van der Waals surface area contributed by atoms with Crippen molar-refractivity contribution < 1.29 is 54.7 Å². The highest BCUT2D eigenvalue weighted by atomic mass is 19.3. The SMILES string of the molecule is O=C(CN1C(=O)C(F)(F)Oc2cc(F)c(-c3c(F)c(F)c(F)c(F)c3F)cc21)NO. The van der Waals surface area contributed by atoms with Gasteiger partial charge in [0.05, 0.1) is 11.3 Å². The Bertz CT molecular complexity index is 1060. The van der Waals surface area contributed by atoms with Gasteiger partial charge < -0.3 is 4.74 Å². The van der Waals surface area contributed by atoms with Gasteiger partial charge in [0.2, 0.25) is 5.82 Å². The zero-order valence-electron chi connectivity index (χ0n) is 14.0. The van der Waals surface area contributed by atoms with Crippen LogP contribution in [0.3, 0.4) is 0 Å². The molecule has 6 nitrogen and oxygen atoms in total. The molecule has 1 aliphatic heterocycles. The summed E-state index contributed by atoms with van der Waals surface area (Å²) in [5, 5.41) is 8.53. The van der Waals surface area contributed by atoms with Gasteiger partial charge in [0.1, 0.15) is 12.4 Å². The topological polar surface area (TPSA) is 78.9 Å². The van der Waals surface area contributed by atoms with Crippen LogP contribution in [-0.4, -0.2) is 29.7 Å². The van der Waals surface area contributed by atoms with Gasteiger partial charge in [-0.25, -0.2) is 31.8 Å². The lowest BCUT2D eigenvalue weighted by atomic mass is 10.0. The van der Waals surface area contributed by atoms with Crippen molar-refractivity contribution >= 4 is 17.5 Å². The molecule has 0 radical (unpaired) electrons. The Kier molecular flexibility index (Phi) is 5.06. The number of hydrogen-bond acceptors (Lipinski definition) is 4. The molecular formula is C16H6F8N2O4. The number of nitrogens with one attached hydrogen (secondary N) is 1. The smallest absolute Gasteiger partial charge is 0.423 e. The number of fused-ring (bicyclic) bond motifs is 1. The first kappa shape index (κ1) is 21.3. The monoisotopic (exact) mass is 442 g/mol. The third kappa shape index (κ3) is 3.18. The van der Waals surface area contributed by atoms with E-state index in [0.717, 1.165) is 5.48 Å². The van der Waals surface area contributed by atoms with Gasteiger partial charge in [-0.2, -0.15) is 8.78 Å². The minimum Gasteiger partial charge on any atom is -0.423 e. The number of amides is 2. The Morgan fingerprint density at radius 2 is 1.53 bits per heavy atom. The Morgan fingerprint density at radius 3 is 2.07 bits per heavy atom. The van der Waals surface area contributed by atoms with Crippen LogP contribution < -0.4 is 15.1 Å². The lowest BCUT2D eigenvalue weighted by molar-refractivity contribution is -0.193. The summed E-state index contributed by atoms with van der Waals surface area (Å²) in [4.78, 5) is 23.1. The third-order valence-corrected chi connectivity index (χ3v) is 3.98. The first-order valence-electron chi connectivity index (χ1n) is 7.57. The molecule has 0 spiro atoms. The highest BCUT2D eigenvalue weighted by molar-refractivity contribution is 6.05. The Labute approximate surface area is 160 Å². The summed E-state index contributed by atoms with van der Waals surface area (Å²) >= 11 is 0. The number of ether oxygens (including phenoxy) is 1. The summed E-state index contributed by atoms with van der Waals surface area (Å²) < 4.78 is 114. The maximum Gasteiger partial charge on any atom is 0.482 e. The number of halogens is 8. The second kappa shape index (κ2) is 7.12. The Balaban J connectivity index is 2.29. The number of nitrogens with zero attached hydrogens (tertiary/aromatic N) is 1. The molecule has 160 valence electrons. The van der Waals surface area contributed by atoms with Crippen LogP contribution in [0.25, 0.3) is 11.1 Å². The van der Waals surface area contributed by atoms with Gasteiger partial charge in [0.15, 0.2) is 29.0 Å². The van der Waals surface area contributed by atoms with Crippen molar-refractivity contribution in [3.8, 4) is 16.9 Å². The van der Waals surface area contributed by atoms with Crippen LogP contribution in [0.15, 0.2) is 12.1 Å². The van der Waals surface area contributed by atoms with Crippen LogP contribution in [-0.2, 0) is 9.59 Å². The van der Waals surface area contributed by atoms with E-state index in [4.69, 9.17) is 5.21 Å². The summed E-state index contributed by atoms with van der Waals surface area (Å²) in [6, 6.07) is 0.383. The molecule has 30 heavy (non-hydrogen) atoms. The van der Waals surface area contributed by atoms with E-state index in [9.17, 15) is 44.7 Å². The zero-order chi connectivity index (χ0) is 22.5. The average molecular weight is 442 g/mol. The number of carbonyl (C=O) groups excluding carboxylic acids is 2. The Morgan fingerprint density at radius 1 is 1.00 bits per heavy atom. The molecule has 0 aliphatic carbocycles. The second-order valence-electron chi connectivity index (χ2n) is 5.79. The van der Waals surface area contributed by atoms with Crippen molar-refractivity contribution in [2.24, 2.45) is 0 Å². The molecule has 0 unspecified atom stereocenters. The molecule has 1 aliphatic rings. The van der Waals surface area contributed by atoms with Crippen LogP contribution in [0, 0.1) is 34.9 Å². The summed E-state index contributed by atoms with van der Waals surface area (Å²) in [6.07, 6.45) is -4.60. The average Bonchev–Trinajstić information content (AvgIpc) is 2.69. The maximum atomic E-state index is 14.4. The summed E-state index contributed by atoms with van der Waals surface area (Å²) in [5.74, 6) is -18.6. The summed E-state index contributed by atoms with van der Waals surface area (Å²) in [6.45, 7) is -1.29. The molecular weight excluding hydrogens is 436 g/mol. The van der Waals surface area contributed by atoms with Crippen LogP contribution in [0.2, 0.25) is 0 Å². The van der Waals surface area contributed by atoms with Gasteiger partial charge in [-0.15, -0.1) is 0 Å². The van der Waals surface area contributed by atoms with Crippen LogP contribution >= 0.6 is 0 Å². The van der Waals surface area contributed by atoms with E-state index in [1.54, 1.807) is 0 Å². The molecule has 2 N–H and O–H groups in total. The van der Waals surface area contributed by atoms with Gasteiger partial charge in [-0.3, -0.25) is 19.7 Å². The fourth-order valence-electron chi connectivity index (χ4n) is 2.65. The van der Waals surface area contributed by atoms with E-state index in [1.165, 1.54) is 0 Å². The van der Waals surface area contributed by atoms with Gasteiger partial charge in [-0.1, -0.05) is 0 Å². The number of benzene rings is 2.